The summed E-state index contributed by atoms with van der Waals surface area (Å²) in [6.45, 7) is 3.02. The Balaban J connectivity index is 1.88. The zero-order valence-electron chi connectivity index (χ0n) is 11.7. The SMILES string of the molecule is CNC1CCCc2c1cnn2Cc1cccc(C)c1. The third-order valence-corrected chi connectivity index (χ3v) is 4.03. The van der Waals surface area contributed by atoms with Crippen LogP contribution in [0, 0.1) is 6.92 Å². The smallest absolute Gasteiger partial charge is 0.0662 e. The molecule has 3 rings (SSSR count). The normalized spacial score (nSPS) is 18.3. The van der Waals surface area contributed by atoms with Crippen LogP contribution < -0.4 is 5.32 Å². The van der Waals surface area contributed by atoms with Gasteiger partial charge in [-0.2, -0.15) is 5.10 Å². The lowest BCUT2D eigenvalue weighted by Crippen LogP contribution is -2.22. The second-order valence-electron chi connectivity index (χ2n) is 5.43. The number of hydrogen-bond acceptors (Lipinski definition) is 2. The molecular weight excluding hydrogens is 234 g/mol. The van der Waals surface area contributed by atoms with Crippen molar-refractivity contribution in [2.75, 3.05) is 7.05 Å². The molecule has 1 heterocycles. The molecule has 3 heteroatoms. The van der Waals surface area contributed by atoms with Gasteiger partial charge in [-0.05, 0) is 38.8 Å². The molecule has 3 nitrogen and oxygen atoms in total. The molecule has 1 N–H and O–H groups in total. The second-order valence-corrected chi connectivity index (χ2v) is 5.43. The van der Waals surface area contributed by atoms with Gasteiger partial charge >= 0.3 is 0 Å². The van der Waals surface area contributed by atoms with E-state index in [4.69, 9.17) is 0 Å². The average Bonchev–Trinajstić information content (AvgIpc) is 2.82. The molecule has 0 saturated heterocycles. The van der Waals surface area contributed by atoms with Gasteiger partial charge in [0.05, 0.1) is 12.7 Å². The number of aryl methyl sites for hydroxylation is 1. The van der Waals surface area contributed by atoms with Gasteiger partial charge in [-0.25, -0.2) is 0 Å². The van der Waals surface area contributed by atoms with Crippen molar-refractivity contribution in [3.8, 4) is 0 Å². The van der Waals surface area contributed by atoms with Crippen LogP contribution >= 0.6 is 0 Å². The Morgan fingerprint density at radius 1 is 1.42 bits per heavy atom. The minimum Gasteiger partial charge on any atom is -0.313 e. The van der Waals surface area contributed by atoms with E-state index in [1.54, 1.807) is 0 Å². The summed E-state index contributed by atoms with van der Waals surface area (Å²) in [5.41, 5.74) is 5.44. The van der Waals surface area contributed by atoms with E-state index in [1.807, 2.05) is 13.2 Å². The zero-order chi connectivity index (χ0) is 13.2. The third kappa shape index (κ3) is 2.43. The molecule has 19 heavy (non-hydrogen) atoms. The quantitative estimate of drug-likeness (QED) is 0.914. The van der Waals surface area contributed by atoms with E-state index in [9.17, 15) is 0 Å². The topological polar surface area (TPSA) is 29.9 Å². The van der Waals surface area contributed by atoms with Gasteiger partial charge < -0.3 is 5.32 Å². The fourth-order valence-electron chi connectivity index (χ4n) is 3.04. The summed E-state index contributed by atoms with van der Waals surface area (Å²) in [6.07, 6.45) is 5.67. The van der Waals surface area contributed by atoms with Crippen molar-refractivity contribution in [3.05, 3.63) is 52.8 Å². The van der Waals surface area contributed by atoms with Gasteiger partial charge in [0.2, 0.25) is 0 Å². The molecule has 1 aromatic carbocycles. The Kier molecular flexibility index (Phi) is 3.38. The van der Waals surface area contributed by atoms with Gasteiger partial charge in [-0.15, -0.1) is 0 Å². The summed E-state index contributed by atoms with van der Waals surface area (Å²) in [5.74, 6) is 0. The summed E-state index contributed by atoms with van der Waals surface area (Å²) >= 11 is 0. The largest absolute Gasteiger partial charge is 0.313 e. The van der Waals surface area contributed by atoms with Crippen molar-refractivity contribution in [1.29, 1.82) is 0 Å². The summed E-state index contributed by atoms with van der Waals surface area (Å²) in [4.78, 5) is 0. The maximum atomic E-state index is 4.60. The first-order chi connectivity index (χ1) is 9.28. The van der Waals surface area contributed by atoms with Crippen LogP contribution in [0.25, 0.3) is 0 Å². The van der Waals surface area contributed by atoms with Crippen LogP contribution in [-0.4, -0.2) is 16.8 Å². The van der Waals surface area contributed by atoms with Crippen LogP contribution in [-0.2, 0) is 13.0 Å². The summed E-state index contributed by atoms with van der Waals surface area (Å²) in [5, 5.41) is 7.99. The molecule has 0 fully saturated rings. The highest BCUT2D eigenvalue weighted by molar-refractivity contribution is 5.27. The Morgan fingerprint density at radius 2 is 2.32 bits per heavy atom. The molecular formula is C16H21N3. The van der Waals surface area contributed by atoms with Crippen LogP contribution in [0.3, 0.4) is 0 Å². The van der Waals surface area contributed by atoms with Gasteiger partial charge in [0, 0.05) is 17.3 Å². The van der Waals surface area contributed by atoms with Crippen molar-refractivity contribution in [2.45, 2.75) is 38.8 Å². The number of fused-ring (bicyclic) bond motifs is 1. The minimum absolute atomic E-state index is 0.481. The molecule has 2 aromatic rings. The molecule has 1 unspecified atom stereocenters. The lowest BCUT2D eigenvalue weighted by atomic mass is 9.93. The van der Waals surface area contributed by atoms with Gasteiger partial charge in [-0.1, -0.05) is 29.8 Å². The first-order valence-corrected chi connectivity index (χ1v) is 7.05. The highest BCUT2D eigenvalue weighted by atomic mass is 15.3. The highest BCUT2D eigenvalue weighted by Gasteiger charge is 2.22. The number of nitrogens with zero attached hydrogens (tertiary/aromatic N) is 2. The average molecular weight is 255 g/mol. The van der Waals surface area contributed by atoms with Crippen LogP contribution in [0.5, 0.6) is 0 Å². The van der Waals surface area contributed by atoms with Gasteiger partial charge in [0.1, 0.15) is 0 Å². The molecule has 1 aliphatic rings. The summed E-state index contributed by atoms with van der Waals surface area (Å²) in [7, 11) is 2.04. The van der Waals surface area contributed by atoms with Crippen molar-refractivity contribution >= 4 is 0 Å². The Bertz CT molecular complexity index is 571. The molecule has 0 saturated carbocycles. The fraction of sp³-hybridized carbons (Fsp3) is 0.438. The number of nitrogens with one attached hydrogen (secondary N) is 1. The van der Waals surface area contributed by atoms with Crippen molar-refractivity contribution in [3.63, 3.8) is 0 Å². The molecule has 1 atom stereocenters. The van der Waals surface area contributed by atoms with Crippen LogP contribution in [0.1, 0.15) is 41.3 Å². The van der Waals surface area contributed by atoms with Gasteiger partial charge in [0.15, 0.2) is 0 Å². The standard InChI is InChI=1S/C16H21N3/c1-12-5-3-6-13(9-12)11-19-16-8-4-7-15(17-2)14(16)10-18-19/h3,5-6,9-10,15,17H,4,7-8,11H2,1-2H3. The van der Waals surface area contributed by atoms with E-state index in [0.717, 1.165) is 13.0 Å². The van der Waals surface area contributed by atoms with Crippen molar-refractivity contribution in [1.82, 2.24) is 15.1 Å². The van der Waals surface area contributed by atoms with E-state index in [0.29, 0.717) is 6.04 Å². The first kappa shape index (κ1) is 12.4. The second kappa shape index (κ2) is 5.17. The minimum atomic E-state index is 0.481. The van der Waals surface area contributed by atoms with E-state index in [-0.39, 0.29) is 0 Å². The molecule has 1 aromatic heterocycles. The molecule has 0 radical (unpaired) electrons. The number of aromatic nitrogens is 2. The van der Waals surface area contributed by atoms with Gasteiger partial charge in [0.25, 0.3) is 0 Å². The maximum Gasteiger partial charge on any atom is 0.0662 e. The molecule has 0 bridgehead atoms. The number of rotatable bonds is 3. The Morgan fingerprint density at radius 3 is 3.11 bits per heavy atom. The predicted molar refractivity (Wildman–Crippen MR) is 77.2 cm³/mol. The first-order valence-electron chi connectivity index (χ1n) is 7.05. The lowest BCUT2D eigenvalue weighted by Gasteiger charge is -2.22. The zero-order valence-corrected chi connectivity index (χ0v) is 11.7. The number of hydrogen-bond donors (Lipinski definition) is 1. The van der Waals surface area contributed by atoms with E-state index >= 15 is 0 Å². The van der Waals surface area contributed by atoms with Crippen LogP contribution in [0.15, 0.2) is 30.5 Å². The predicted octanol–water partition coefficient (Wildman–Crippen LogP) is 2.84. The molecule has 0 amide bonds. The van der Waals surface area contributed by atoms with Crippen molar-refractivity contribution < 1.29 is 0 Å². The lowest BCUT2D eigenvalue weighted by molar-refractivity contribution is 0.481. The molecule has 100 valence electrons. The maximum absolute atomic E-state index is 4.60. The Hall–Kier alpha value is -1.61. The Labute approximate surface area is 114 Å². The molecule has 1 aliphatic carbocycles. The third-order valence-electron chi connectivity index (χ3n) is 4.03. The van der Waals surface area contributed by atoms with Crippen molar-refractivity contribution in [2.24, 2.45) is 0 Å². The van der Waals surface area contributed by atoms with Crippen LogP contribution in [0.4, 0.5) is 0 Å². The molecule has 0 spiro atoms. The summed E-state index contributed by atoms with van der Waals surface area (Å²) in [6, 6.07) is 9.16. The highest BCUT2D eigenvalue weighted by Crippen LogP contribution is 2.29. The van der Waals surface area contributed by atoms with Crippen LogP contribution in [0.2, 0.25) is 0 Å². The van der Waals surface area contributed by atoms with E-state index in [2.05, 4.69) is 46.3 Å². The fourth-order valence-corrected chi connectivity index (χ4v) is 3.04. The van der Waals surface area contributed by atoms with E-state index in [1.165, 1.54) is 35.2 Å². The number of benzene rings is 1. The van der Waals surface area contributed by atoms with Gasteiger partial charge in [-0.3, -0.25) is 4.68 Å². The van der Waals surface area contributed by atoms with E-state index < -0.39 is 0 Å². The monoisotopic (exact) mass is 255 g/mol. The summed E-state index contributed by atoms with van der Waals surface area (Å²) < 4.78 is 2.17. The molecule has 0 aliphatic heterocycles.